The molecule has 2 aromatic rings. The molecule has 4 rings (SSSR count). The minimum absolute atomic E-state index is 0.0132. The number of hydrogen-bond acceptors (Lipinski definition) is 5. The van der Waals surface area contributed by atoms with Gasteiger partial charge in [0.2, 0.25) is 5.91 Å². The Bertz CT molecular complexity index is 988. The van der Waals surface area contributed by atoms with E-state index in [4.69, 9.17) is 14.2 Å². The van der Waals surface area contributed by atoms with Gasteiger partial charge in [-0.05, 0) is 43.0 Å². The van der Waals surface area contributed by atoms with Gasteiger partial charge in [0.15, 0.2) is 0 Å². The van der Waals surface area contributed by atoms with Gasteiger partial charge in [-0.1, -0.05) is 12.1 Å². The summed E-state index contributed by atoms with van der Waals surface area (Å²) in [5, 5.41) is 3.10. The van der Waals surface area contributed by atoms with Crippen LogP contribution in [0, 0.1) is 11.8 Å². The minimum atomic E-state index is -0.356. The van der Waals surface area contributed by atoms with Crippen LogP contribution < -0.4 is 19.5 Å². The normalized spacial score (nSPS) is 20.0. The van der Waals surface area contributed by atoms with Crippen molar-refractivity contribution in [1.29, 1.82) is 0 Å². The van der Waals surface area contributed by atoms with Crippen molar-refractivity contribution in [1.82, 2.24) is 10.2 Å². The highest BCUT2D eigenvalue weighted by Crippen LogP contribution is 2.40. The number of likely N-dealkylation sites (tertiary alicyclic amines) is 1. The summed E-state index contributed by atoms with van der Waals surface area (Å²) in [5.74, 6) is 1.90. The van der Waals surface area contributed by atoms with Crippen LogP contribution in [-0.4, -0.2) is 57.7 Å². The Labute approximate surface area is 188 Å². The van der Waals surface area contributed by atoms with Crippen LogP contribution in [0.1, 0.15) is 34.7 Å². The molecular formula is C25H30N2O5. The van der Waals surface area contributed by atoms with Gasteiger partial charge in [0, 0.05) is 42.7 Å². The molecule has 1 aliphatic heterocycles. The zero-order chi connectivity index (χ0) is 22.7. The smallest absolute Gasteiger partial charge is 0.254 e. The lowest BCUT2D eigenvalue weighted by atomic mass is 9.87. The van der Waals surface area contributed by atoms with Crippen LogP contribution in [0.3, 0.4) is 0 Å². The van der Waals surface area contributed by atoms with Gasteiger partial charge in [-0.3, -0.25) is 9.59 Å². The van der Waals surface area contributed by atoms with E-state index in [1.165, 1.54) is 12.8 Å². The lowest BCUT2D eigenvalue weighted by Gasteiger charge is -2.21. The van der Waals surface area contributed by atoms with Crippen LogP contribution in [-0.2, 0) is 4.79 Å². The fourth-order valence-corrected chi connectivity index (χ4v) is 4.31. The van der Waals surface area contributed by atoms with Crippen LogP contribution in [0.5, 0.6) is 17.2 Å². The minimum Gasteiger partial charge on any atom is -0.497 e. The van der Waals surface area contributed by atoms with Gasteiger partial charge in [-0.25, -0.2) is 0 Å². The fourth-order valence-electron chi connectivity index (χ4n) is 4.31. The Balaban J connectivity index is 1.61. The first-order valence-electron chi connectivity index (χ1n) is 11.0. The number of amides is 2. The van der Waals surface area contributed by atoms with Gasteiger partial charge in [0.25, 0.3) is 5.91 Å². The van der Waals surface area contributed by atoms with Gasteiger partial charge in [0.1, 0.15) is 17.2 Å². The number of methoxy groups -OCH3 is 3. The molecular weight excluding hydrogens is 408 g/mol. The van der Waals surface area contributed by atoms with E-state index in [2.05, 4.69) is 5.32 Å². The summed E-state index contributed by atoms with van der Waals surface area (Å²) in [6.45, 7) is 1.48. The third-order valence-electron chi connectivity index (χ3n) is 6.36. The SMILES string of the molecule is COc1cccc(C(=O)N2C[C@H](c3ccc(OC)cc3OC)[C@H](C(=O)NCC3CC3)C2)c1. The molecule has 1 saturated heterocycles. The second kappa shape index (κ2) is 9.51. The van der Waals surface area contributed by atoms with Crippen molar-refractivity contribution in [3.05, 3.63) is 53.6 Å². The lowest BCUT2D eigenvalue weighted by molar-refractivity contribution is -0.125. The topological polar surface area (TPSA) is 77.1 Å². The lowest BCUT2D eigenvalue weighted by Crippen LogP contribution is -2.36. The molecule has 2 fully saturated rings. The molecule has 1 heterocycles. The van der Waals surface area contributed by atoms with Gasteiger partial charge in [-0.2, -0.15) is 0 Å². The summed E-state index contributed by atoms with van der Waals surface area (Å²) in [4.78, 5) is 28.2. The maximum atomic E-state index is 13.3. The van der Waals surface area contributed by atoms with E-state index in [0.717, 1.165) is 5.56 Å². The third kappa shape index (κ3) is 4.66. The highest BCUT2D eigenvalue weighted by atomic mass is 16.5. The number of nitrogens with one attached hydrogen (secondary N) is 1. The molecule has 7 nitrogen and oxygen atoms in total. The number of nitrogens with zero attached hydrogens (tertiary/aromatic N) is 1. The summed E-state index contributed by atoms with van der Waals surface area (Å²) in [7, 11) is 4.78. The van der Waals surface area contributed by atoms with Crippen LogP contribution in [0.4, 0.5) is 0 Å². The molecule has 0 bridgehead atoms. The van der Waals surface area contributed by atoms with E-state index >= 15 is 0 Å². The second-order valence-electron chi connectivity index (χ2n) is 8.45. The molecule has 0 aromatic heterocycles. The Morgan fingerprint density at radius 2 is 1.72 bits per heavy atom. The average molecular weight is 439 g/mol. The second-order valence-corrected chi connectivity index (χ2v) is 8.45. The van der Waals surface area contributed by atoms with Crippen molar-refractivity contribution >= 4 is 11.8 Å². The van der Waals surface area contributed by atoms with E-state index in [-0.39, 0.29) is 23.7 Å². The number of rotatable bonds is 8. The van der Waals surface area contributed by atoms with E-state index in [9.17, 15) is 9.59 Å². The summed E-state index contributed by atoms with van der Waals surface area (Å²) in [6.07, 6.45) is 2.34. The first kappa shape index (κ1) is 22.0. The van der Waals surface area contributed by atoms with E-state index < -0.39 is 0 Å². The number of carbonyl (C=O) groups is 2. The van der Waals surface area contributed by atoms with Crippen LogP contribution in [0.15, 0.2) is 42.5 Å². The molecule has 0 unspecified atom stereocenters. The maximum Gasteiger partial charge on any atom is 0.254 e. The highest BCUT2D eigenvalue weighted by molar-refractivity contribution is 5.95. The maximum absolute atomic E-state index is 13.3. The van der Waals surface area contributed by atoms with Gasteiger partial charge in [-0.15, -0.1) is 0 Å². The van der Waals surface area contributed by atoms with Crippen molar-refractivity contribution in [2.24, 2.45) is 11.8 Å². The molecule has 0 radical (unpaired) electrons. The number of ether oxygens (including phenoxy) is 3. The molecule has 2 aliphatic rings. The molecule has 2 aromatic carbocycles. The van der Waals surface area contributed by atoms with Gasteiger partial charge in [0.05, 0.1) is 27.2 Å². The molecule has 0 spiro atoms. The number of carbonyl (C=O) groups excluding carboxylic acids is 2. The van der Waals surface area contributed by atoms with Crippen LogP contribution in [0.25, 0.3) is 0 Å². The Hall–Kier alpha value is -3.22. The number of hydrogen-bond donors (Lipinski definition) is 1. The van der Waals surface area contributed by atoms with Gasteiger partial charge < -0.3 is 24.4 Å². The molecule has 7 heteroatoms. The van der Waals surface area contributed by atoms with E-state index in [1.54, 1.807) is 50.5 Å². The molecule has 1 N–H and O–H groups in total. The van der Waals surface area contributed by atoms with Crippen molar-refractivity contribution in [2.75, 3.05) is 41.0 Å². The summed E-state index contributed by atoms with van der Waals surface area (Å²) in [5.41, 5.74) is 1.45. The zero-order valence-electron chi connectivity index (χ0n) is 18.8. The Morgan fingerprint density at radius 3 is 2.41 bits per heavy atom. The van der Waals surface area contributed by atoms with Crippen molar-refractivity contribution in [3.63, 3.8) is 0 Å². The summed E-state index contributed by atoms with van der Waals surface area (Å²) < 4.78 is 16.2. The van der Waals surface area contributed by atoms with Crippen LogP contribution >= 0.6 is 0 Å². The third-order valence-corrected chi connectivity index (χ3v) is 6.36. The van der Waals surface area contributed by atoms with Crippen molar-refractivity contribution in [3.8, 4) is 17.2 Å². The molecule has 2 amide bonds. The summed E-state index contributed by atoms with van der Waals surface area (Å²) >= 11 is 0. The first-order valence-corrected chi connectivity index (χ1v) is 11.0. The van der Waals surface area contributed by atoms with E-state index in [1.807, 2.05) is 18.2 Å². The predicted octanol–water partition coefficient (Wildman–Crippen LogP) is 3.09. The monoisotopic (exact) mass is 438 g/mol. The molecule has 1 aliphatic carbocycles. The largest absolute Gasteiger partial charge is 0.497 e. The van der Waals surface area contributed by atoms with Crippen molar-refractivity contribution < 1.29 is 23.8 Å². The predicted molar refractivity (Wildman–Crippen MR) is 120 cm³/mol. The molecule has 1 saturated carbocycles. The molecule has 2 atom stereocenters. The number of benzene rings is 2. The fraction of sp³-hybridized carbons (Fsp3) is 0.440. The summed E-state index contributed by atoms with van der Waals surface area (Å²) in [6, 6.07) is 12.7. The first-order chi connectivity index (χ1) is 15.5. The standard InChI is InChI=1S/C25H30N2O5/c1-30-18-6-4-5-17(11-18)25(29)27-14-21(20-10-9-19(31-2)12-23(20)32-3)22(15-27)24(28)26-13-16-7-8-16/h4-6,9-12,16,21-22H,7-8,13-15H2,1-3H3,(H,26,28)/t21-,22-/m1/s1. The van der Waals surface area contributed by atoms with Crippen molar-refractivity contribution in [2.45, 2.75) is 18.8 Å². The van der Waals surface area contributed by atoms with Crippen LogP contribution in [0.2, 0.25) is 0 Å². The van der Waals surface area contributed by atoms with Gasteiger partial charge >= 0.3 is 0 Å². The molecule has 170 valence electrons. The quantitative estimate of drug-likeness (QED) is 0.685. The highest BCUT2D eigenvalue weighted by Gasteiger charge is 2.42. The Morgan fingerprint density at radius 1 is 0.969 bits per heavy atom. The average Bonchev–Trinajstić information content (AvgIpc) is 3.57. The zero-order valence-corrected chi connectivity index (χ0v) is 18.8. The molecule has 32 heavy (non-hydrogen) atoms. The van der Waals surface area contributed by atoms with E-state index in [0.29, 0.717) is 48.4 Å². The Kier molecular flexibility index (Phi) is 6.53.